The molecule has 242 valence electrons. The zero-order valence-corrected chi connectivity index (χ0v) is 24.1. The summed E-state index contributed by atoms with van der Waals surface area (Å²) in [6.07, 6.45) is -11.7. The Morgan fingerprint density at radius 3 is 2.21 bits per heavy atom. The van der Waals surface area contributed by atoms with E-state index in [2.05, 4.69) is 4.74 Å². The summed E-state index contributed by atoms with van der Waals surface area (Å²) in [7, 11) is -6.61. The minimum Gasteiger partial charge on any atom is -0.458 e. The Morgan fingerprint density at radius 1 is 1.00 bits per heavy atom. The first-order valence-electron chi connectivity index (χ1n) is 13.2. The average molecular weight is 640 g/mol. The number of esters is 2. The van der Waals surface area contributed by atoms with Crippen LogP contribution in [-0.2, 0) is 43.4 Å². The van der Waals surface area contributed by atoms with Crippen LogP contribution in [0.5, 0.6) is 0 Å². The Bertz CT molecular complexity index is 1140. The first kappa shape index (κ1) is 34.2. The molecule has 1 N–H and O–H groups in total. The third-order valence-electron chi connectivity index (χ3n) is 6.92. The maximum absolute atomic E-state index is 13.9. The van der Waals surface area contributed by atoms with Gasteiger partial charge >= 0.3 is 39.6 Å². The van der Waals surface area contributed by atoms with E-state index in [4.69, 9.17) is 23.5 Å². The van der Waals surface area contributed by atoms with Gasteiger partial charge in [-0.3, -0.25) is 14.2 Å². The molecule has 6 unspecified atom stereocenters. The molecule has 0 bridgehead atoms. The number of hydrogen-bond donors (Lipinski definition) is 1. The molecule has 12 nitrogen and oxygen atoms in total. The van der Waals surface area contributed by atoms with Gasteiger partial charge in [-0.05, 0) is 66.2 Å². The van der Waals surface area contributed by atoms with Gasteiger partial charge in [0, 0.05) is 6.54 Å². The van der Waals surface area contributed by atoms with Crippen molar-refractivity contribution in [1.29, 1.82) is 0 Å². The Balaban J connectivity index is 1.68. The molecule has 1 saturated carbocycles. The molecule has 2 saturated heterocycles. The molecule has 1 aliphatic carbocycles. The number of amides is 1. The summed E-state index contributed by atoms with van der Waals surface area (Å²) >= 11 is 0. The minimum atomic E-state index is -6.61. The van der Waals surface area contributed by atoms with E-state index < -0.39 is 87.8 Å². The van der Waals surface area contributed by atoms with E-state index in [1.165, 1.54) is 11.8 Å². The van der Waals surface area contributed by atoms with E-state index in [0.29, 0.717) is 19.3 Å². The van der Waals surface area contributed by atoms with Crippen molar-refractivity contribution in [3.63, 3.8) is 0 Å². The second-order valence-corrected chi connectivity index (χ2v) is 13.1. The molecule has 3 fully saturated rings. The van der Waals surface area contributed by atoms with Gasteiger partial charge in [-0.15, -0.1) is 0 Å². The van der Waals surface area contributed by atoms with Gasteiger partial charge in [-0.1, -0.05) is 0 Å². The first-order valence-corrected chi connectivity index (χ1v) is 14.6. The van der Waals surface area contributed by atoms with Crippen LogP contribution in [0.4, 0.5) is 26.7 Å². The second-order valence-electron chi connectivity index (χ2n) is 11.6. The maximum Gasteiger partial charge on any atom is 0.432 e. The van der Waals surface area contributed by atoms with Gasteiger partial charge in [0.2, 0.25) is 5.79 Å². The van der Waals surface area contributed by atoms with Gasteiger partial charge in [0.25, 0.3) is 6.10 Å². The number of rotatable bonds is 7. The summed E-state index contributed by atoms with van der Waals surface area (Å²) in [4.78, 5) is 39.5. The lowest BCUT2D eigenvalue weighted by Gasteiger charge is -2.35. The molecule has 2 aliphatic heterocycles. The summed E-state index contributed by atoms with van der Waals surface area (Å²) in [6, 6.07) is -0.965. The van der Waals surface area contributed by atoms with Gasteiger partial charge in [-0.2, -0.15) is 30.4 Å². The SMILES string of the molecule is CC(C)(C)OC(=O)N1CCCCC1C(=O)OCC1(C)OC2CCCC(C(=O)OC(C(F)(F)F)C(F)(F)S(=O)(=O)O)C2O1. The molecule has 0 aromatic carbocycles. The highest BCUT2D eigenvalue weighted by Gasteiger charge is 2.66. The van der Waals surface area contributed by atoms with Crippen LogP contribution < -0.4 is 0 Å². The standard InChI is InChI=1S/C24H34F5NO11S/c1-21(2,3)41-20(33)30-11-6-5-9-14(30)18(32)37-12-22(4)39-15-10-7-8-13(16(15)40-22)17(31)38-19(23(25,26)27)24(28,29)42(34,35)36/h13-16,19H,5-12H2,1-4H3,(H,34,35,36). The number of fused-ring (bicyclic) bond motifs is 1. The summed E-state index contributed by atoms with van der Waals surface area (Å²) in [6.45, 7) is 6.04. The van der Waals surface area contributed by atoms with Crippen molar-refractivity contribution in [3.05, 3.63) is 0 Å². The number of carbonyl (C=O) groups excluding carboxylic acids is 3. The fourth-order valence-electron chi connectivity index (χ4n) is 5.05. The predicted molar refractivity (Wildman–Crippen MR) is 129 cm³/mol. The van der Waals surface area contributed by atoms with Crippen molar-refractivity contribution in [1.82, 2.24) is 4.90 Å². The average Bonchev–Trinajstić information content (AvgIpc) is 3.19. The van der Waals surface area contributed by atoms with Gasteiger partial charge in [0.15, 0.2) is 0 Å². The number of nitrogens with zero attached hydrogens (tertiary/aromatic N) is 1. The van der Waals surface area contributed by atoms with Crippen LogP contribution in [0.1, 0.15) is 66.2 Å². The normalized spacial score (nSPS) is 29.8. The molecule has 3 rings (SSSR count). The summed E-state index contributed by atoms with van der Waals surface area (Å²) < 4.78 is 124. The summed E-state index contributed by atoms with van der Waals surface area (Å²) in [5, 5.41) is -5.88. The van der Waals surface area contributed by atoms with E-state index in [-0.39, 0.29) is 25.8 Å². The highest BCUT2D eigenvalue weighted by Crippen LogP contribution is 2.43. The molecule has 0 aromatic heterocycles. The number of halogens is 5. The third-order valence-corrected chi connectivity index (χ3v) is 7.82. The Morgan fingerprint density at radius 2 is 1.64 bits per heavy atom. The van der Waals surface area contributed by atoms with E-state index in [1.54, 1.807) is 20.8 Å². The quantitative estimate of drug-likeness (QED) is 0.188. The van der Waals surface area contributed by atoms with Gasteiger partial charge in [0.1, 0.15) is 24.4 Å². The highest BCUT2D eigenvalue weighted by molar-refractivity contribution is 7.86. The fourth-order valence-corrected chi connectivity index (χ4v) is 5.50. The molecule has 1 amide bonds. The third kappa shape index (κ3) is 7.79. The zero-order valence-electron chi connectivity index (χ0n) is 23.3. The Hall–Kier alpha value is -2.31. The van der Waals surface area contributed by atoms with Crippen molar-refractivity contribution in [2.24, 2.45) is 5.92 Å². The molecular weight excluding hydrogens is 605 g/mol. The van der Waals surface area contributed by atoms with Crippen LogP contribution in [0.3, 0.4) is 0 Å². The van der Waals surface area contributed by atoms with Crippen LogP contribution in [-0.4, -0.2) is 96.2 Å². The molecule has 0 spiro atoms. The van der Waals surface area contributed by atoms with Crippen LogP contribution >= 0.6 is 0 Å². The lowest BCUT2D eigenvalue weighted by molar-refractivity contribution is -0.262. The lowest BCUT2D eigenvalue weighted by Crippen LogP contribution is -2.53. The van der Waals surface area contributed by atoms with E-state index in [0.717, 1.165) is 0 Å². The van der Waals surface area contributed by atoms with Crippen LogP contribution in [0.25, 0.3) is 0 Å². The molecule has 6 atom stereocenters. The monoisotopic (exact) mass is 639 g/mol. The van der Waals surface area contributed by atoms with Crippen molar-refractivity contribution in [3.8, 4) is 0 Å². The molecule has 2 heterocycles. The molecule has 18 heteroatoms. The van der Waals surface area contributed by atoms with Gasteiger partial charge < -0.3 is 23.7 Å². The Kier molecular flexibility index (Phi) is 9.76. The number of piperidine rings is 1. The van der Waals surface area contributed by atoms with Crippen LogP contribution in [0, 0.1) is 5.92 Å². The lowest BCUT2D eigenvalue weighted by atomic mass is 9.84. The van der Waals surface area contributed by atoms with Crippen molar-refractivity contribution < 1.29 is 73.0 Å². The first-order chi connectivity index (χ1) is 19.1. The summed E-state index contributed by atoms with van der Waals surface area (Å²) in [5.74, 6) is -5.92. The molecule has 42 heavy (non-hydrogen) atoms. The maximum atomic E-state index is 13.9. The second kappa shape index (κ2) is 12.0. The molecule has 3 aliphatic rings. The molecule has 0 aromatic rings. The van der Waals surface area contributed by atoms with Crippen molar-refractivity contribution in [2.75, 3.05) is 13.2 Å². The van der Waals surface area contributed by atoms with Gasteiger partial charge in [-0.25, -0.2) is 9.59 Å². The summed E-state index contributed by atoms with van der Waals surface area (Å²) in [5.41, 5.74) is -0.807. The van der Waals surface area contributed by atoms with E-state index >= 15 is 0 Å². The van der Waals surface area contributed by atoms with Crippen LogP contribution in [0.2, 0.25) is 0 Å². The Labute approximate surface area is 238 Å². The van der Waals surface area contributed by atoms with Crippen LogP contribution in [0.15, 0.2) is 0 Å². The number of ether oxygens (including phenoxy) is 5. The van der Waals surface area contributed by atoms with Gasteiger partial charge in [0.05, 0.1) is 12.0 Å². The van der Waals surface area contributed by atoms with Crippen molar-refractivity contribution in [2.45, 2.75) is 113 Å². The fraction of sp³-hybridized carbons (Fsp3) is 0.875. The van der Waals surface area contributed by atoms with E-state index in [1.807, 2.05) is 0 Å². The highest BCUT2D eigenvalue weighted by atomic mass is 32.2. The number of hydrogen-bond acceptors (Lipinski definition) is 10. The van der Waals surface area contributed by atoms with Crippen molar-refractivity contribution >= 4 is 28.1 Å². The zero-order chi connectivity index (χ0) is 31.9. The molecular formula is C24H34F5NO11S. The van der Waals surface area contributed by atoms with E-state index in [9.17, 15) is 44.8 Å². The predicted octanol–water partition coefficient (Wildman–Crippen LogP) is 3.57. The topological polar surface area (TPSA) is 155 Å². The largest absolute Gasteiger partial charge is 0.458 e. The number of carbonyl (C=O) groups is 3. The molecule has 0 radical (unpaired) electrons. The number of likely N-dealkylation sites (tertiary alicyclic amines) is 1. The smallest absolute Gasteiger partial charge is 0.432 e. The number of alkyl halides is 5. The minimum absolute atomic E-state index is 0.172.